The predicted molar refractivity (Wildman–Crippen MR) is 101 cm³/mol. The van der Waals surface area contributed by atoms with Crippen LogP contribution in [0.15, 0.2) is 42.5 Å². The van der Waals surface area contributed by atoms with Crippen molar-refractivity contribution < 1.29 is 19.1 Å². The molecule has 0 spiro atoms. The minimum absolute atomic E-state index is 0.251. The Kier molecular flexibility index (Phi) is 5.11. The third kappa shape index (κ3) is 3.77. The van der Waals surface area contributed by atoms with Gasteiger partial charge in [0.1, 0.15) is 0 Å². The summed E-state index contributed by atoms with van der Waals surface area (Å²) in [4.78, 5) is 28.5. The Labute approximate surface area is 163 Å². The fraction of sp³-hybridized carbons (Fsp3) is 0.409. The normalized spacial score (nSPS) is 22.6. The average molecular weight is 382 g/mol. The number of benzene rings is 1. The fourth-order valence-electron chi connectivity index (χ4n) is 4.11. The molecule has 0 radical (unpaired) electrons. The molecule has 1 aromatic carbocycles. The van der Waals surface area contributed by atoms with Gasteiger partial charge in [-0.05, 0) is 43.2 Å². The molecule has 1 heterocycles. The van der Waals surface area contributed by atoms with Crippen LogP contribution in [0.2, 0.25) is 0 Å². The van der Waals surface area contributed by atoms with Gasteiger partial charge in [0.05, 0.1) is 23.6 Å². The molecule has 2 saturated carbocycles. The van der Waals surface area contributed by atoms with Crippen LogP contribution in [0.25, 0.3) is 0 Å². The first-order valence-corrected chi connectivity index (χ1v) is 9.79. The van der Waals surface area contributed by atoms with E-state index in [2.05, 4.69) is 10.3 Å². The summed E-state index contributed by atoms with van der Waals surface area (Å²) in [5, 5.41) is 12.3. The first-order chi connectivity index (χ1) is 13.5. The van der Waals surface area contributed by atoms with Crippen molar-refractivity contribution in [1.82, 2.24) is 10.3 Å². The zero-order valence-corrected chi connectivity index (χ0v) is 15.5. The molecule has 2 aromatic rings. The number of pyridine rings is 1. The minimum Gasteiger partial charge on any atom is -0.481 e. The topological polar surface area (TPSA) is 79.3 Å². The maximum Gasteiger partial charge on any atom is 0.307 e. The monoisotopic (exact) mass is 382 g/mol. The second kappa shape index (κ2) is 7.70. The minimum atomic E-state index is -0.938. The molecule has 5 nitrogen and oxygen atoms in total. The van der Waals surface area contributed by atoms with Crippen LogP contribution in [0.4, 0.5) is 4.39 Å². The van der Waals surface area contributed by atoms with Crippen LogP contribution in [0, 0.1) is 17.8 Å². The van der Waals surface area contributed by atoms with Gasteiger partial charge in [-0.15, -0.1) is 0 Å². The highest BCUT2D eigenvalue weighted by atomic mass is 19.1. The average Bonchev–Trinajstić information content (AvgIpc) is 3.40. The summed E-state index contributed by atoms with van der Waals surface area (Å²) in [5.74, 6) is -2.72. The molecule has 2 aliphatic carbocycles. The molecule has 0 bridgehead atoms. The van der Waals surface area contributed by atoms with Crippen LogP contribution >= 0.6 is 0 Å². The number of nitrogens with one attached hydrogen (secondary N) is 1. The Morgan fingerprint density at radius 2 is 1.75 bits per heavy atom. The van der Waals surface area contributed by atoms with Gasteiger partial charge in [-0.3, -0.25) is 9.59 Å². The maximum atomic E-state index is 14.5. The molecular weight excluding hydrogens is 359 g/mol. The number of carbonyl (C=O) groups is 2. The number of carboxylic acid groups (broad SMARTS) is 1. The van der Waals surface area contributed by atoms with Crippen molar-refractivity contribution in [1.29, 1.82) is 0 Å². The summed E-state index contributed by atoms with van der Waals surface area (Å²) in [6.45, 7) is 0. The van der Waals surface area contributed by atoms with Crippen molar-refractivity contribution in [2.24, 2.45) is 11.8 Å². The molecule has 6 heteroatoms. The van der Waals surface area contributed by atoms with Crippen molar-refractivity contribution >= 4 is 11.9 Å². The number of carbonyl (C=O) groups excluding carboxylic acids is 1. The Morgan fingerprint density at radius 1 is 1.04 bits per heavy atom. The lowest BCUT2D eigenvalue weighted by Crippen LogP contribution is -2.38. The third-order valence-electron chi connectivity index (χ3n) is 5.80. The molecule has 2 fully saturated rings. The van der Waals surface area contributed by atoms with Crippen LogP contribution in [0.3, 0.4) is 0 Å². The van der Waals surface area contributed by atoms with Crippen LogP contribution in [-0.2, 0) is 9.59 Å². The second-order valence-electron chi connectivity index (χ2n) is 7.72. The summed E-state index contributed by atoms with van der Waals surface area (Å²) in [7, 11) is 0. The lowest BCUT2D eigenvalue weighted by atomic mass is 9.94. The zero-order valence-electron chi connectivity index (χ0n) is 15.5. The number of rotatable bonds is 6. The zero-order chi connectivity index (χ0) is 19.7. The van der Waals surface area contributed by atoms with E-state index in [0.29, 0.717) is 30.5 Å². The Balaban J connectivity index is 1.62. The number of nitrogens with zero attached hydrogens (tertiary/aromatic N) is 1. The van der Waals surface area contributed by atoms with E-state index >= 15 is 0 Å². The van der Waals surface area contributed by atoms with Crippen molar-refractivity contribution in [2.75, 3.05) is 0 Å². The summed E-state index contributed by atoms with van der Waals surface area (Å²) in [6.07, 6.45) is 3.73. The van der Waals surface area contributed by atoms with Crippen molar-refractivity contribution in [2.45, 2.75) is 44.1 Å². The van der Waals surface area contributed by atoms with Gasteiger partial charge < -0.3 is 10.4 Å². The molecular formula is C22H23FN2O3. The Hall–Kier alpha value is -2.76. The molecule has 3 unspecified atom stereocenters. The van der Waals surface area contributed by atoms with E-state index in [0.717, 1.165) is 18.4 Å². The Bertz CT molecular complexity index is 883. The number of hydrogen-bond donors (Lipinski definition) is 2. The number of aromatic nitrogens is 1. The Morgan fingerprint density at radius 3 is 2.39 bits per heavy atom. The highest BCUT2D eigenvalue weighted by molar-refractivity contribution is 5.85. The number of halogens is 1. The third-order valence-corrected chi connectivity index (χ3v) is 5.80. The summed E-state index contributed by atoms with van der Waals surface area (Å²) < 4.78 is 14.5. The molecule has 3 atom stereocenters. The van der Waals surface area contributed by atoms with E-state index in [1.165, 1.54) is 0 Å². The van der Waals surface area contributed by atoms with Gasteiger partial charge in [-0.2, -0.15) is 4.39 Å². The van der Waals surface area contributed by atoms with Crippen LogP contribution in [0.1, 0.15) is 60.9 Å². The molecule has 0 aliphatic heterocycles. The van der Waals surface area contributed by atoms with E-state index in [9.17, 15) is 19.1 Å². The molecule has 146 valence electrons. The predicted octanol–water partition coefficient (Wildman–Crippen LogP) is 3.80. The summed E-state index contributed by atoms with van der Waals surface area (Å²) >= 11 is 0. The summed E-state index contributed by atoms with van der Waals surface area (Å²) in [5.41, 5.74) is 1.83. The van der Waals surface area contributed by atoms with Gasteiger partial charge in [0, 0.05) is 5.56 Å². The molecule has 2 N–H and O–H groups in total. The van der Waals surface area contributed by atoms with Crippen LogP contribution in [0.5, 0.6) is 0 Å². The van der Waals surface area contributed by atoms with E-state index < -0.39 is 29.8 Å². The van der Waals surface area contributed by atoms with Gasteiger partial charge in [-0.1, -0.05) is 42.8 Å². The van der Waals surface area contributed by atoms with Crippen LogP contribution < -0.4 is 5.32 Å². The van der Waals surface area contributed by atoms with Crippen molar-refractivity contribution in [3.05, 3.63) is 65.2 Å². The van der Waals surface area contributed by atoms with Gasteiger partial charge in [0.15, 0.2) is 0 Å². The lowest BCUT2D eigenvalue weighted by molar-refractivity contribution is -0.146. The first-order valence-electron chi connectivity index (χ1n) is 9.79. The SMILES string of the molecule is O=C(O)C1CCCC1C(=O)NC(c1ccccc1)c1ccc(C2CC2)c(F)n1. The summed E-state index contributed by atoms with van der Waals surface area (Å²) in [6, 6.07) is 12.2. The quantitative estimate of drug-likeness (QED) is 0.745. The molecule has 4 rings (SSSR count). The molecule has 0 saturated heterocycles. The van der Waals surface area contributed by atoms with Gasteiger partial charge in [0.2, 0.25) is 11.9 Å². The number of amides is 1. The molecule has 1 amide bonds. The van der Waals surface area contributed by atoms with Crippen molar-refractivity contribution in [3.8, 4) is 0 Å². The largest absolute Gasteiger partial charge is 0.481 e. The van der Waals surface area contributed by atoms with Gasteiger partial charge in [-0.25, -0.2) is 4.98 Å². The van der Waals surface area contributed by atoms with Gasteiger partial charge in [0.25, 0.3) is 0 Å². The molecule has 28 heavy (non-hydrogen) atoms. The van der Waals surface area contributed by atoms with Crippen molar-refractivity contribution in [3.63, 3.8) is 0 Å². The highest BCUT2D eigenvalue weighted by Crippen LogP contribution is 2.41. The fourth-order valence-corrected chi connectivity index (χ4v) is 4.11. The number of carboxylic acids is 1. The second-order valence-corrected chi connectivity index (χ2v) is 7.72. The van der Waals surface area contributed by atoms with E-state index in [1.807, 2.05) is 30.3 Å². The number of hydrogen-bond acceptors (Lipinski definition) is 3. The smallest absolute Gasteiger partial charge is 0.307 e. The molecule has 2 aliphatic rings. The maximum absolute atomic E-state index is 14.5. The van der Waals surface area contributed by atoms with Gasteiger partial charge >= 0.3 is 5.97 Å². The molecule has 1 aromatic heterocycles. The first kappa shape index (κ1) is 18.6. The van der Waals surface area contributed by atoms with E-state index in [1.54, 1.807) is 12.1 Å². The number of aliphatic carboxylic acids is 1. The van der Waals surface area contributed by atoms with E-state index in [4.69, 9.17) is 0 Å². The highest BCUT2D eigenvalue weighted by Gasteiger charge is 2.39. The van der Waals surface area contributed by atoms with E-state index in [-0.39, 0.29) is 11.8 Å². The van der Waals surface area contributed by atoms with Crippen LogP contribution in [-0.4, -0.2) is 22.0 Å². The lowest BCUT2D eigenvalue weighted by Gasteiger charge is -2.23. The standard InChI is InChI=1S/C22H23FN2O3/c23-20-15(13-9-10-13)11-12-18(24-20)19(14-5-2-1-3-6-14)25-21(26)16-7-4-8-17(16)22(27)28/h1-3,5-6,11-13,16-17,19H,4,7-10H2,(H,25,26)(H,27,28).